The first kappa shape index (κ1) is 29.4. The Morgan fingerprint density at radius 2 is 1.61 bits per heavy atom. The number of rotatable bonds is 6. The van der Waals surface area contributed by atoms with E-state index in [9.17, 15) is 15.0 Å². The van der Waals surface area contributed by atoms with Crippen molar-refractivity contribution in [1.29, 1.82) is 0 Å². The van der Waals surface area contributed by atoms with Gasteiger partial charge in [0.1, 0.15) is 18.3 Å². The van der Waals surface area contributed by atoms with E-state index in [0.717, 1.165) is 11.1 Å². The fourth-order valence-corrected chi connectivity index (χ4v) is 7.28. The number of benzene rings is 2. The number of hydrogen-bond donors (Lipinski definition) is 2. The van der Waals surface area contributed by atoms with Gasteiger partial charge in [-0.2, -0.15) is 0 Å². The molecule has 2 N–H and O–H groups in total. The average Bonchev–Trinajstić information content (AvgIpc) is 3.63. The van der Waals surface area contributed by atoms with Crippen molar-refractivity contribution >= 4 is 5.97 Å². The van der Waals surface area contributed by atoms with Crippen molar-refractivity contribution in [2.45, 2.75) is 55.9 Å². The van der Waals surface area contributed by atoms with Crippen LogP contribution >= 0.6 is 0 Å². The maximum Gasteiger partial charge on any atom is 0.310 e. The number of aliphatic hydroxyl groups excluding tert-OH is 1. The van der Waals surface area contributed by atoms with E-state index in [1.165, 1.54) is 14.2 Å². The van der Waals surface area contributed by atoms with Crippen LogP contribution < -0.4 is 18.9 Å². The second-order valence-corrected chi connectivity index (χ2v) is 12.0. The number of likely N-dealkylation sites (N-methyl/N-ethyl adjacent to an activating group) is 1. The Morgan fingerprint density at radius 3 is 2.27 bits per heavy atom. The van der Waals surface area contributed by atoms with Gasteiger partial charge >= 0.3 is 5.97 Å². The predicted molar refractivity (Wildman–Crippen MR) is 150 cm³/mol. The second kappa shape index (κ2) is 11.2. The van der Waals surface area contributed by atoms with Gasteiger partial charge in [0.15, 0.2) is 35.6 Å². The molecule has 4 heterocycles. The molecule has 4 aliphatic heterocycles. The number of carbonyl (C=O) groups is 1. The molecule has 0 saturated carbocycles. The van der Waals surface area contributed by atoms with Gasteiger partial charge in [-0.05, 0) is 62.0 Å². The zero-order valence-electron chi connectivity index (χ0n) is 25.1. The molecule has 238 valence electrons. The molecule has 10 atom stereocenters. The molecule has 0 spiro atoms. The van der Waals surface area contributed by atoms with Crippen LogP contribution in [0.2, 0.25) is 0 Å². The molecule has 5 aliphatic rings. The lowest BCUT2D eigenvalue weighted by Crippen LogP contribution is -2.66. The third-order valence-electron chi connectivity index (χ3n) is 9.34. The Morgan fingerprint density at radius 1 is 0.932 bits per heavy atom. The molecular formula is C31H37NO12. The minimum atomic E-state index is -0.929. The number of nitrogens with zero attached hydrogens (tertiary/aromatic N) is 1. The summed E-state index contributed by atoms with van der Waals surface area (Å²) in [4.78, 5) is 15.4. The molecule has 0 bridgehead atoms. The van der Waals surface area contributed by atoms with Crippen LogP contribution in [0.4, 0.5) is 0 Å². The van der Waals surface area contributed by atoms with Crippen molar-refractivity contribution < 1.29 is 57.6 Å². The highest BCUT2D eigenvalue weighted by molar-refractivity contribution is 5.79. The lowest BCUT2D eigenvalue weighted by molar-refractivity contribution is -0.354. The highest BCUT2D eigenvalue weighted by Gasteiger charge is 2.56. The molecular weight excluding hydrogens is 578 g/mol. The van der Waals surface area contributed by atoms with Crippen LogP contribution in [0.1, 0.15) is 35.6 Å². The number of cyclic esters (lactones) is 1. The maximum atomic E-state index is 13.5. The van der Waals surface area contributed by atoms with E-state index in [4.69, 9.17) is 42.6 Å². The summed E-state index contributed by atoms with van der Waals surface area (Å²) in [5.41, 5.74) is 2.23. The summed E-state index contributed by atoms with van der Waals surface area (Å²) in [7, 11) is 6.59. The van der Waals surface area contributed by atoms with Crippen molar-refractivity contribution in [2.24, 2.45) is 11.8 Å². The van der Waals surface area contributed by atoms with Gasteiger partial charge in [0.2, 0.25) is 12.5 Å². The van der Waals surface area contributed by atoms with Gasteiger partial charge in [0, 0.05) is 11.8 Å². The summed E-state index contributed by atoms with van der Waals surface area (Å²) in [6.45, 7) is 2.20. The number of phenolic OH excluding ortho intramolecular Hbond substituents is 1. The summed E-state index contributed by atoms with van der Waals surface area (Å²) in [6, 6.07) is 6.57. The number of aromatic hydroxyl groups is 1. The van der Waals surface area contributed by atoms with Crippen LogP contribution in [-0.2, 0) is 28.5 Å². The molecule has 1 aliphatic carbocycles. The van der Waals surface area contributed by atoms with Crippen LogP contribution in [-0.4, -0.2) is 106 Å². The average molecular weight is 616 g/mol. The summed E-state index contributed by atoms with van der Waals surface area (Å²) in [5.74, 6) is -0.602. The standard InChI is InChI=1S/C31H37NO12/c1-13-38-11-22-29(42-13)27(34)25(32(2)3)31(43-22)44-28-16-9-19-18(40-12-41-19)8-15(16)23(24-17(28)10-39-30(24)35)14-6-20(36-4)26(33)21(7-14)37-5/h6-9,13,17,22-25,27-29,31,33-34H,10-12H2,1-5H3/t13?,17?,22-,23-,24?,25-,27-,28-,29-,31+/m1/s1. The molecule has 3 fully saturated rings. The molecule has 13 nitrogen and oxygen atoms in total. The number of esters is 1. The third-order valence-corrected chi connectivity index (χ3v) is 9.34. The Balaban J connectivity index is 1.33. The first-order valence-corrected chi connectivity index (χ1v) is 14.7. The van der Waals surface area contributed by atoms with Crippen molar-refractivity contribution in [3.63, 3.8) is 0 Å². The highest BCUT2D eigenvalue weighted by atomic mass is 16.7. The number of carbonyl (C=O) groups excluding carboxylic acids is 1. The molecule has 3 unspecified atom stereocenters. The lowest BCUT2D eigenvalue weighted by atomic mass is 9.66. The lowest BCUT2D eigenvalue weighted by Gasteiger charge is -2.50. The predicted octanol–water partition coefficient (Wildman–Crippen LogP) is 1.91. The Hall–Kier alpha value is -3.33. The number of methoxy groups -OCH3 is 2. The monoisotopic (exact) mass is 615 g/mol. The summed E-state index contributed by atoms with van der Waals surface area (Å²) < 4.78 is 53.0. The molecule has 0 amide bonds. The van der Waals surface area contributed by atoms with Crippen LogP contribution in [0.3, 0.4) is 0 Å². The van der Waals surface area contributed by atoms with Crippen LogP contribution in [0.5, 0.6) is 28.7 Å². The SMILES string of the molecule is COc1cc([C@@H]2c3cc4c(cc3[C@@H](O[C@@H]3O[C@@H]5COC(C)O[C@H]5[C@H](O)[C@H]3N(C)C)C3COC(=O)C32)OCO4)cc(OC)c1O. The molecule has 0 aromatic heterocycles. The number of hydrogen-bond acceptors (Lipinski definition) is 13. The maximum absolute atomic E-state index is 13.5. The summed E-state index contributed by atoms with van der Waals surface area (Å²) in [6.07, 6.45) is -4.11. The number of fused-ring (bicyclic) bond motifs is 4. The molecule has 2 aromatic carbocycles. The van der Waals surface area contributed by atoms with Crippen molar-refractivity contribution in [3.8, 4) is 28.7 Å². The van der Waals surface area contributed by atoms with Crippen LogP contribution in [0.15, 0.2) is 24.3 Å². The van der Waals surface area contributed by atoms with Crippen molar-refractivity contribution in [3.05, 3.63) is 41.0 Å². The Kier molecular flexibility index (Phi) is 7.50. The Bertz CT molecular complexity index is 1410. The van der Waals surface area contributed by atoms with Crippen LogP contribution in [0, 0.1) is 11.8 Å². The van der Waals surface area contributed by atoms with Gasteiger partial charge in [0.25, 0.3) is 0 Å². The smallest absolute Gasteiger partial charge is 0.310 e. The van der Waals surface area contributed by atoms with E-state index in [1.54, 1.807) is 19.1 Å². The van der Waals surface area contributed by atoms with Gasteiger partial charge < -0.3 is 52.8 Å². The quantitative estimate of drug-likeness (QED) is 0.457. The third kappa shape index (κ3) is 4.65. The van der Waals surface area contributed by atoms with Gasteiger partial charge in [0.05, 0.1) is 45.5 Å². The van der Waals surface area contributed by atoms with Crippen molar-refractivity contribution in [1.82, 2.24) is 4.90 Å². The van der Waals surface area contributed by atoms with E-state index >= 15 is 0 Å². The largest absolute Gasteiger partial charge is 0.502 e. The second-order valence-electron chi connectivity index (χ2n) is 12.0. The van der Waals surface area contributed by atoms with E-state index in [0.29, 0.717) is 17.1 Å². The molecule has 3 saturated heterocycles. The number of aliphatic hydroxyl groups is 1. The topological polar surface area (TPSA) is 144 Å². The van der Waals surface area contributed by atoms with E-state index in [1.807, 2.05) is 31.1 Å². The van der Waals surface area contributed by atoms with Gasteiger partial charge in [-0.1, -0.05) is 0 Å². The molecule has 0 radical (unpaired) electrons. The minimum Gasteiger partial charge on any atom is -0.502 e. The summed E-state index contributed by atoms with van der Waals surface area (Å²) in [5, 5.41) is 22.1. The van der Waals surface area contributed by atoms with Gasteiger partial charge in [-0.3, -0.25) is 9.69 Å². The molecule has 13 heteroatoms. The van der Waals surface area contributed by atoms with Gasteiger partial charge in [-0.15, -0.1) is 0 Å². The Labute approximate surface area is 254 Å². The van der Waals surface area contributed by atoms with E-state index in [2.05, 4.69) is 0 Å². The van der Waals surface area contributed by atoms with E-state index < -0.39 is 60.8 Å². The van der Waals surface area contributed by atoms with Crippen LogP contribution in [0.25, 0.3) is 0 Å². The number of phenols is 1. The molecule has 44 heavy (non-hydrogen) atoms. The summed E-state index contributed by atoms with van der Waals surface area (Å²) >= 11 is 0. The minimum absolute atomic E-state index is 0.0618. The van der Waals surface area contributed by atoms with E-state index in [-0.39, 0.29) is 43.2 Å². The van der Waals surface area contributed by atoms with Gasteiger partial charge in [-0.25, -0.2) is 0 Å². The first-order valence-electron chi connectivity index (χ1n) is 14.7. The highest BCUT2D eigenvalue weighted by Crippen LogP contribution is 2.57. The molecule has 7 rings (SSSR count). The normalized spacial score (nSPS) is 35.5. The zero-order chi connectivity index (χ0) is 30.9. The van der Waals surface area contributed by atoms with Crippen molar-refractivity contribution in [2.75, 3.05) is 48.3 Å². The fraction of sp³-hybridized carbons (Fsp3) is 0.581. The zero-order valence-corrected chi connectivity index (χ0v) is 25.1. The number of ether oxygens (including phenoxy) is 9. The fourth-order valence-electron chi connectivity index (χ4n) is 7.28. The first-order chi connectivity index (χ1) is 21.2. The molecule has 2 aromatic rings.